The van der Waals surface area contributed by atoms with Crippen LogP contribution in [-0.2, 0) is 0 Å². The van der Waals surface area contributed by atoms with Gasteiger partial charge in [0.05, 0.1) is 23.9 Å². The zero-order chi connectivity index (χ0) is 21.0. The Hall–Kier alpha value is -2.38. The van der Waals surface area contributed by atoms with E-state index in [9.17, 15) is 14.7 Å². The Morgan fingerprint density at radius 2 is 1.93 bits per heavy atom. The highest BCUT2D eigenvalue weighted by molar-refractivity contribution is 7.10. The van der Waals surface area contributed by atoms with Crippen LogP contribution >= 0.6 is 11.3 Å². The molecule has 0 radical (unpaired) electrons. The van der Waals surface area contributed by atoms with Crippen molar-refractivity contribution in [2.75, 3.05) is 25.0 Å². The maximum absolute atomic E-state index is 13.0. The first-order chi connectivity index (χ1) is 13.8. The molecular formula is C22H29N3O3S. The van der Waals surface area contributed by atoms with Crippen LogP contribution < -0.4 is 10.6 Å². The van der Waals surface area contributed by atoms with E-state index >= 15 is 0 Å². The van der Waals surface area contributed by atoms with Crippen molar-refractivity contribution in [3.63, 3.8) is 0 Å². The number of amides is 3. The highest BCUT2D eigenvalue weighted by Gasteiger charge is 2.33. The third kappa shape index (κ3) is 4.79. The van der Waals surface area contributed by atoms with E-state index in [1.165, 1.54) is 11.3 Å². The quantitative estimate of drug-likeness (QED) is 0.662. The summed E-state index contributed by atoms with van der Waals surface area (Å²) in [6.45, 7) is 7.14. The van der Waals surface area contributed by atoms with E-state index in [0.717, 1.165) is 36.4 Å². The van der Waals surface area contributed by atoms with Gasteiger partial charge < -0.3 is 20.6 Å². The number of carbonyl (C=O) groups is 2. The zero-order valence-corrected chi connectivity index (χ0v) is 18.0. The summed E-state index contributed by atoms with van der Waals surface area (Å²) in [4.78, 5) is 28.7. The van der Waals surface area contributed by atoms with Gasteiger partial charge in [-0.3, -0.25) is 4.79 Å². The minimum Gasteiger partial charge on any atom is -0.396 e. The third-order valence-electron chi connectivity index (χ3n) is 5.42. The van der Waals surface area contributed by atoms with Gasteiger partial charge in [0.15, 0.2) is 0 Å². The predicted octanol–water partition coefficient (Wildman–Crippen LogP) is 4.17. The molecule has 1 saturated heterocycles. The lowest BCUT2D eigenvalue weighted by atomic mass is 9.84. The van der Waals surface area contributed by atoms with Crippen LogP contribution in [0.15, 0.2) is 35.7 Å². The monoisotopic (exact) mass is 415 g/mol. The van der Waals surface area contributed by atoms with Crippen LogP contribution in [0.2, 0.25) is 0 Å². The molecule has 2 heterocycles. The van der Waals surface area contributed by atoms with Crippen molar-refractivity contribution in [2.24, 2.45) is 5.41 Å². The molecule has 29 heavy (non-hydrogen) atoms. The molecule has 3 rings (SSSR count). The SMILES string of the molecule is Cc1cccc(NC(=O)N[C@@H](c2cccs2)C(C)(C)CO)c1C(=O)N1CCCC1. The molecule has 0 bridgehead atoms. The predicted molar refractivity (Wildman–Crippen MR) is 116 cm³/mol. The minimum atomic E-state index is -0.539. The maximum atomic E-state index is 13.0. The summed E-state index contributed by atoms with van der Waals surface area (Å²) in [5, 5.41) is 17.6. The molecule has 0 saturated carbocycles. The van der Waals surface area contributed by atoms with Crippen LogP contribution in [0.1, 0.15) is 53.5 Å². The van der Waals surface area contributed by atoms with Crippen LogP contribution in [0.3, 0.4) is 0 Å². The van der Waals surface area contributed by atoms with Crippen LogP contribution in [0, 0.1) is 12.3 Å². The fraction of sp³-hybridized carbons (Fsp3) is 0.455. The number of nitrogens with one attached hydrogen (secondary N) is 2. The Labute approximate surface area is 175 Å². The number of aryl methyl sites for hydroxylation is 1. The highest BCUT2D eigenvalue weighted by atomic mass is 32.1. The Morgan fingerprint density at radius 1 is 1.21 bits per heavy atom. The summed E-state index contributed by atoms with van der Waals surface area (Å²) >= 11 is 1.53. The molecule has 3 amide bonds. The average molecular weight is 416 g/mol. The van der Waals surface area contributed by atoms with Crippen molar-refractivity contribution in [1.82, 2.24) is 10.2 Å². The van der Waals surface area contributed by atoms with Gasteiger partial charge in [-0.1, -0.05) is 32.0 Å². The maximum Gasteiger partial charge on any atom is 0.319 e. The lowest BCUT2D eigenvalue weighted by Crippen LogP contribution is -2.41. The number of anilines is 1. The number of hydrogen-bond acceptors (Lipinski definition) is 4. The summed E-state index contributed by atoms with van der Waals surface area (Å²) in [5.41, 5.74) is 1.35. The summed E-state index contributed by atoms with van der Waals surface area (Å²) < 4.78 is 0. The number of urea groups is 1. The fourth-order valence-electron chi connectivity index (χ4n) is 3.62. The third-order valence-corrected chi connectivity index (χ3v) is 6.36. The Kier molecular flexibility index (Phi) is 6.59. The topological polar surface area (TPSA) is 81.7 Å². The number of carbonyl (C=O) groups excluding carboxylic acids is 2. The van der Waals surface area contributed by atoms with E-state index in [0.29, 0.717) is 11.3 Å². The number of hydrogen-bond donors (Lipinski definition) is 3. The molecule has 0 spiro atoms. The molecule has 7 heteroatoms. The van der Waals surface area contributed by atoms with Crippen LogP contribution in [-0.4, -0.2) is 41.6 Å². The molecule has 1 aliphatic rings. The van der Waals surface area contributed by atoms with Crippen molar-refractivity contribution in [3.8, 4) is 0 Å². The Balaban J connectivity index is 1.81. The second kappa shape index (κ2) is 8.97. The number of rotatable bonds is 6. The molecule has 1 aromatic heterocycles. The molecule has 156 valence electrons. The van der Waals surface area contributed by atoms with Crippen molar-refractivity contribution < 1.29 is 14.7 Å². The van der Waals surface area contributed by atoms with Gasteiger partial charge in [0.2, 0.25) is 0 Å². The van der Waals surface area contributed by atoms with Crippen molar-refractivity contribution >= 4 is 29.0 Å². The van der Waals surface area contributed by atoms with Gasteiger partial charge in [0, 0.05) is 23.4 Å². The van der Waals surface area contributed by atoms with Crippen molar-refractivity contribution in [2.45, 2.75) is 39.7 Å². The molecule has 2 aromatic rings. The van der Waals surface area contributed by atoms with E-state index in [-0.39, 0.29) is 18.6 Å². The van der Waals surface area contributed by atoms with Gasteiger partial charge >= 0.3 is 6.03 Å². The molecule has 0 aliphatic carbocycles. The number of likely N-dealkylation sites (tertiary alicyclic amines) is 1. The van der Waals surface area contributed by atoms with Gasteiger partial charge in [0.25, 0.3) is 5.91 Å². The normalized spacial score (nSPS) is 15.2. The zero-order valence-electron chi connectivity index (χ0n) is 17.2. The smallest absolute Gasteiger partial charge is 0.319 e. The summed E-state index contributed by atoms with van der Waals surface area (Å²) in [6, 6.07) is 8.60. The summed E-state index contributed by atoms with van der Waals surface area (Å²) in [5.74, 6) is -0.0404. The van der Waals surface area contributed by atoms with Crippen LogP contribution in [0.4, 0.5) is 10.5 Å². The minimum absolute atomic E-state index is 0.0404. The van der Waals surface area contributed by atoms with Crippen molar-refractivity contribution in [3.05, 3.63) is 51.7 Å². The van der Waals surface area contributed by atoms with Crippen LogP contribution in [0.5, 0.6) is 0 Å². The van der Waals surface area contributed by atoms with E-state index in [1.807, 2.05) is 55.3 Å². The molecule has 1 fully saturated rings. The van der Waals surface area contributed by atoms with Gasteiger partial charge in [-0.25, -0.2) is 4.79 Å². The first kappa shape index (κ1) is 21.3. The van der Waals surface area contributed by atoms with E-state index < -0.39 is 11.4 Å². The van der Waals surface area contributed by atoms with E-state index in [1.54, 1.807) is 6.07 Å². The molecule has 1 aromatic carbocycles. The standard InChI is InChI=1S/C22H29N3O3S/c1-15-8-6-9-16(18(15)20(27)25-11-4-5-12-25)23-21(28)24-19(22(2,3)14-26)17-10-7-13-29-17/h6-10,13,19,26H,4-5,11-12,14H2,1-3H3,(H2,23,24,28)/t19-/m0/s1. The number of aliphatic hydroxyl groups is 1. The van der Waals surface area contributed by atoms with Gasteiger partial charge in [0.1, 0.15) is 0 Å². The first-order valence-electron chi connectivity index (χ1n) is 9.94. The van der Waals surface area contributed by atoms with Gasteiger partial charge in [-0.2, -0.15) is 0 Å². The summed E-state index contributed by atoms with van der Waals surface area (Å²) in [7, 11) is 0. The first-order valence-corrected chi connectivity index (χ1v) is 10.8. The molecule has 3 N–H and O–H groups in total. The summed E-state index contributed by atoms with van der Waals surface area (Å²) in [6.07, 6.45) is 2.03. The Morgan fingerprint density at radius 3 is 2.55 bits per heavy atom. The van der Waals surface area contributed by atoms with Gasteiger partial charge in [-0.15, -0.1) is 11.3 Å². The fourth-order valence-corrected chi connectivity index (χ4v) is 4.61. The molecule has 6 nitrogen and oxygen atoms in total. The second-order valence-electron chi connectivity index (χ2n) is 8.19. The highest BCUT2D eigenvalue weighted by Crippen LogP contribution is 2.35. The number of benzene rings is 1. The number of aliphatic hydroxyl groups excluding tert-OH is 1. The lowest BCUT2D eigenvalue weighted by Gasteiger charge is -2.32. The lowest BCUT2D eigenvalue weighted by molar-refractivity contribution is 0.0793. The van der Waals surface area contributed by atoms with E-state index in [2.05, 4.69) is 10.6 Å². The van der Waals surface area contributed by atoms with E-state index in [4.69, 9.17) is 0 Å². The van der Waals surface area contributed by atoms with Crippen molar-refractivity contribution in [1.29, 1.82) is 0 Å². The molecule has 1 atom stereocenters. The van der Waals surface area contributed by atoms with Crippen LogP contribution in [0.25, 0.3) is 0 Å². The molecular weight excluding hydrogens is 386 g/mol. The molecule has 1 aliphatic heterocycles. The number of nitrogens with zero attached hydrogens (tertiary/aromatic N) is 1. The Bertz CT molecular complexity index is 858. The number of thiophene rings is 1. The molecule has 0 unspecified atom stereocenters. The average Bonchev–Trinajstić information content (AvgIpc) is 3.39. The second-order valence-corrected chi connectivity index (χ2v) is 9.17. The largest absolute Gasteiger partial charge is 0.396 e. The van der Waals surface area contributed by atoms with Gasteiger partial charge in [-0.05, 0) is 42.8 Å².